The second-order valence-electron chi connectivity index (χ2n) is 13.8. The average molecular weight is 719 g/mol. The smallest absolute Gasteiger partial charge is 0.160 e. The average Bonchev–Trinajstić information content (AvgIpc) is 3.66. The predicted octanol–water partition coefficient (Wildman–Crippen LogP) is 14.5. The van der Waals surface area contributed by atoms with Crippen LogP contribution in [0.3, 0.4) is 0 Å². The number of thiophene rings is 1. The van der Waals surface area contributed by atoms with E-state index in [2.05, 4.69) is 200 Å². The minimum absolute atomic E-state index is 0.737. The summed E-state index contributed by atoms with van der Waals surface area (Å²) in [7, 11) is 0. The zero-order valence-corrected chi connectivity index (χ0v) is 30.7. The van der Waals surface area contributed by atoms with Gasteiger partial charge in [-0.05, 0) is 86.0 Å². The number of nitrogens with zero attached hydrogens (tertiary/aromatic N) is 2. The summed E-state index contributed by atoms with van der Waals surface area (Å²) in [6, 6.07) is 73.5. The third-order valence-corrected chi connectivity index (χ3v) is 11.5. The Kier molecular flexibility index (Phi) is 8.40. The second-order valence-corrected chi connectivity index (χ2v) is 14.9. The number of rotatable bonds is 7. The first-order chi connectivity index (χ1) is 27.2. The van der Waals surface area contributed by atoms with Gasteiger partial charge in [0.25, 0.3) is 0 Å². The number of aromatic nitrogens is 2. The predicted molar refractivity (Wildman–Crippen MR) is 233 cm³/mol. The van der Waals surface area contributed by atoms with E-state index >= 15 is 0 Å². The largest absolute Gasteiger partial charge is 0.226 e. The maximum Gasteiger partial charge on any atom is 0.160 e. The lowest BCUT2D eigenvalue weighted by Crippen LogP contribution is -1.93. The quantitative estimate of drug-likeness (QED) is 0.164. The van der Waals surface area contributed by atoms with Gasteiger partial charge in [-0.2, -0.15) is 0 Å². The summed E-state index contributed by atoms with van der Waals surface area (Å²) in [5.74, 6) is 0.737. The molecule has 2 heterocycles. The molecule has 0 spiro atoms. The van der Waals surface area contributed by atoms with Gasteiger partial charge in [0.05, 0.1) is 15.9 Å². The van der Waals surface area contributed by atoms with Crippen molar-refractivity contribution >= 4 is 31.6 Å². The van der Waals surface area contributed by atoms with Crippen LogP contribution in [0.4, 0.5) is 0 Å². The fraction of sp³-hybridized carbons (Fsp3) is 0. The summed E-state index contributed by atoms with van der Waals surface area (Å²) < 4.78 is 2.34. The van der Waals surface area contributed by atoms with E-state index in [1.165, 1.54) is 60.2 Å². The number of hydrogen-bond acceptors (Lipinski definition) is 3. The topological polar surface area (TPSA) is 25.8 Å². The SMILES string of the molecule is c1ccc(-c2cc(-c3ccccc3)cc(-c3ccc(-c4cccc(-c5ccc(-c6nc(-c7ccccc7)c7sc8ccccc8c7n6)cc5)c4)cc3)c2)cc1. The highest BCUT2D eigenvalue weighted by Gasteiger charge is 2.16. The van der Waals surface area contributed by atoms with Crippen LogP contribution < -0.4 is 0 Å². The van der Waals surface area contributed by atoms with Crippen LogP contribution in [0.1, 0.15) is 0 Å². The van der Waals surface area contributed by atoms with Crippen molar-refractivity contribution in [1.29, 1.82) is 0 Å². The summed E-state index contributed by atoms with van der Waals surface area (Å²) >= 11 is 1.76. The van der Waals surface area contributed by atoms with Crippen LogP contribution in [0.2, 0.25) is 0 Å². The zero-order valence-electron chi connectivity index (χ0n) is 29.9. The van der Waals surface area contributed by atoms with Crippen molar-refractivity contribution in [2.45, 2.75) is 0 Å². The van der Waals surface area contributed by atoms with Gasteiger partial charge < -0.3 is 0 Å². The van der Waals surface area contributed by atoms with E-state index < -0.39 is 0 Å². The van der Waals surface area contributed by atoms with Crippen LogP contribution in [0.5, 0.6) is 0 Å². The summed E-state index contributed by atoms with van der Waals surface area (Å²) in [6.07, 6.45) is 0. The molecule has 2 aromatic heterocycles. The first kappa shape index (κ1) is 32.7. The highest BCUT2D eigenvalue weighted by Crippen LogP contribution is 2.40. The van der Waals surface area contributed by atoms with Gasteiger partial charge in [0, 0.05) is 21.2 Å². The van der Waals surface area contributed by atoms with E-state index in [9.17, 15) is 0 Å². The van der Waals surface area contributed by atoms with Crippen molar-refractivity contribution in [2.75, 3.05) is 0 Å². The van der Waals surface area contributed by atoms with Crippen LogP contribution >= 0.6 is 11.3 Å². The Hall–Kier alpha value is -6.94. The number of fused-ring (bicyclic) bond motifs is 3. The van der Waals surface area contributed by atoms with E-state index in [1.807, 2.05) is 6.07 Å². The molecular weight excluding hydrogens is 685 g/mol. The van der Waals surface area contributed by atoms with E-state index in [-0.39, 0.29) is 0 Å². The maximum absolute atomic E-state index is 5.16. The van der Waals surface area contributed by atoms with Crippen molar-refractivity contribution in [3.8, 4) is 78.3 Å². The molecule has 8 aromatic carbocycles. The van der Waals surface area contributed by atoms with Crippen molar-refractivity contribution in [3.05, 3.63) is 206 Å². The Bertz CT molecular complexity index is 2880. The van der Waals surface area contributed by atoms with Gasteiger partial charge in [0.2, 0.25) is 0 Å². The fourth-order valence-electron chi connectivity index (χ4n) is 7.45. The van der Waals surface area contributed by atoms with Crippen molar-refractivity contribution in [1.82, 2.24) is 9.97 Å². The van der Waals surface area contributed by atoms with Crippen molar-refractivity contribution in [2.24, 2.45) is 0 Å². The monoisotopic (exact) mass is 718 g/mol. The molecule has 0 aliphatic heterocycles. The molecule has 55 heavy (non-hydrogen) atoms. The first-order valence-electron chi connectivity index (χ1n) is 18.6. The van der Waals surface area contributed by atoms with E-state index in [0.29, 0.717) is 0 Å². The maximum atomic E-state index is 5.16. The third kappa shape index (κ3) is 6.41. The minimum atomic E-state index is 0.737. The Morgan fingerprint density at radius 1 is 0.291 bits per heavy atom. The lowest BCUT2D eigenvalue weighted by molar-refractivity contribution is 1.24. The van der Waals surface area contributed by atoms with Crippen LogP contribution in [-0.4, -0.2) is 9.97 Å². The molecule has 10 aromatic rings. The molecule has 258 valence electrons. The second kappa shape index (κ2) is 14.1. The Balaban J connectivity index is 0.959. The lowest BCUT2D eigenvalue weighted by atomic mass is 9.92. The van der Waals surface area contributed by atoms with Gasteiger partial charge in [-0.15, -0.1) is 11.3 Å². The standard InChI is InChI=1S/C52H34N2S/c1-4-13-35(14-5-1)44-32-45(36-15-6-2-7-16-36)34-46(33-44)39-25-23-37(24-26-39)42-19-12-20-43(31-42)38-27-29-41(30-28-38)52-53-49(40-17-8-3-9-18-40)51-50(54-52)47-21-10-11-22-48(47)55-51/h1-34H. The molecule has 0 saturated carbocycles. The van der Waals surface area contributed by atoms with Gasteiger partial charge >= 0.3 is 0 Å². The van der Waals surface area contributed by atoms with E-state index in [1.54, 1.807) is 11.3 Å². The Morgan fingerprint density at radius 2 is 0.691 bits per heavy atom. The van der Waals surface area contributed by atoms with Crippen molar-refractivity contribution < 1.29 is 0 Å². The van der Waals surface area contributed by atoms with Crippen molar-refractivity contribution in [3.63, 3.8) is 0 Å². The van der Waals surface area contributed by atoms with Crippen LogP contribution in [0.25, 0.3) is 98.6 Å². The molecule has 3 heteroatoms. The molecule has 0 saturated heterocycles. The lowest BCUT2D eigenvalue weighted by Gasteiger charge is -2.12. The van der Waals surface area contributed by atoms with Crippen LogP contribution in [0, 0.1) is 0 Å². The van der Waals surface area contributed by atoms with E-state index in [0.717, 1.165) is 38.4 Å². The summed E-state index contributed by atoms with van der Waals surface area (Å²) in [6.45, 7) is 0. The molecule has 10 rings (SSSR count). The van der Waals surface area contributed by atoms with Gasteiger partial charge in [-0.25, -0.2) is 9.97 Å². The number of hydrogen-bond donors (Lipinski definition) is 0. The zero-order chi connectivity index (χ0) is 36.6. The summed E-state index contributed by atoms with van der Waals surface area (Å²) in [5.41, 5.74) is 16.0. The summed E-state index contributed by atoms with van der Waals surface area (Å²) in [5, 5.41) is 1.17. The molecule has 0 amide bonds. The minimum Gasteiger partial charge on any atom is -0.226 e. The number of benzene rings is 8. The van der Waals surface area contributed by atoms with Gasteiger partial charge in [0.1, 0.15) is 0 Å². The molecule has 2 nitrogen and oxygen atoms in total. The fourth-order valence-corrected chi connectivity index (χ4v) is 8.60. The highest BCUT2D eigenvalue weighted by molar-refractivity contribution is 7.26. The molecule has 0 aliphatic carbocycles. The molecule has 0 aliphatic rings. The Labute approximate surface area is 324 Å². The van der Waals surface area contributed by atoms with Gasteiger partial charge in [-0.3, -0.25) is 0 Å². The molecule has 0 unspecified atom stereocenters. The Morgan fingerprint density at radius 3 is 1.24 bits per heavy atom. The van der Waals surface area contributed by atoms with Crippen LogP contribution in [0.15, 0.2) is 206 Å². The normalized spacial score (nSPS) is 11.3. The highest BCUT2D eigenvalue weighted by atomic mass is 32.1. The van der Waals surface area contributed by atoms with Gasteiger partial charge in [-0.1, -0.05) is 176 Å². The summed E-state index contributed by atoms with van der Waals surface area (Å²) in [4.78, 5) is 10.3. The third-order valence-electron chi connectivity index (χ3n) is 10.3. The first-order valence-corrected chi connectivity index (χ1v) is 19.4. The molecule has 0 atom stereocenters. The van der Waals surface area contributed by atoms with E-state index in [4.69, 9.17) is 9.97 Å². The van der Waals surface area contributed by atoms with Gasteiger partial charge in [0.15, 0.2) is 5.82 Å². The molecule has 0 fully saturated rings. The molecule has 0 N–H and O–H groups in total. The van der Waals surface area contributed by atoms with Crippen LogP contribution in [-0.2, 0) is 0 Å². The molecular formula is C52H34N2S. The molecule has 0 bridgehead atoms. The molecule has 0 radical (unpaired) electrons.